The third-order valence-corrected chi connectivity index (χ3v) is 5.44. The first-order valence-electron chi connectivity index (χ1n) is 8.47. The number of amides is 1. The first-order valence-corrected chi connectivity index (χ1v) is 9.29. The highest BCUT2D eigenvalue weighted by molar-refractivity contribution is 8.18. The van der Waals surface area contributed by atoms with Gasteiger partial charge in [-0.3, -0.25) is 9.69 Å². The fourth-order valence-electron chi connectivity index (χ4n) is 2.95. The van der Waals surface area contributed by atoms with Gasteiger partial charge < -0.3 is 9.32 Å². The smallest absolute Gasteiger partial charge is 0.266 e. The zero-order valence-corrected chi connectivity index (χ0v) is 15.1. The number of carbonyl (C=O) groups is 1. The highest BCUT2D eigenvalue weighted by Gasteiger charge is 2.31. The Hall–Kier alpha value is -2.54. The van der Waals surface area contributed by atoms with Crippen molar-refractivity contribution >= 4 is 40.5 Å². The second-order valence-electron chi connectivity index (χ2n) is 6.19. The van der Waals surface area contributed by atoms with E-state index in [1.54, 1.807) is 31.3 Å². The summed E-state index contributed by atoms with van der Waals surface area (Å²) in [6, 6.07) is 10.0. The van der Waals surface area contributed by atoms with Gasteiger partial charge in [0, 0.05) is 32.3 Å². The normalized spacial score (nSPS) is 20.8. The molecule has 5 nitrogen and oxygen atoms in total. The van der Waals surface area contributed by atoms with Crippen molar-refractivity contribution in [3.05, 3.63) is 52.9 Å². The molecule has 0 saturated carbocycles. The molecule has 1 aromatic carbocycles. The van der Waals surface area contributed by atoms with Gasteiger partial charge >= 0.3 is 0 Å². The number of amidine groups is 1. The minimum absolute atomic E-state index is 0.177. The Morgan fingerprint density at radius 3 is 2.73 bits per heavy atom. The molecule has 2 aliphatic rings. The molecule has 0 atom stereocenters. The summed E-state index contributed by atoms with van der Waals surface area (Å²) in [5.74, 6) is 0.867. The Kier molecular flexibility index (Phi) is 4.55. The van der Waals surface area contributed by atoms with Crippen molar-refractivity contribution in [2.75, 3.05) is 25.0 Å². The molecule has 0 N–H and O–H groups in total. The monoisotopic (exact) mass is 371 g/mol. The molecular formula is C19H18FN3O2S. The van der Waals surface area contributed by atoms with Crippen LogP contribution in [0.1, 0.15) is 18.6 Å². The van der Waals surface area contributed by atoms with Gasteiger partial charge in [0.15, 0.2) is 11.1 Å². The van der Waals surface area contributed by atoms with Crippen molar-refractivity contribution in [3.63, 3.8) is 0 Å². The number of hydrogen-bond donors (Lipinski definition) is 0. The molecule has 26 heavy (non-hydrogen) atoms. The number of benzene rings is 1. The van der Waals surface area contributed by atoms with E-state index < -0.39 is 5.82 Å². The van der Waals surface area contributed by atoms with Crippen LogP contribution in [0.3, 0.4) is 0 Å². The third-order valence-electron chi connectivity index (χ3n) is 4.38. The fraction of sp³-hybridized carbons (Fsp3) is 0.263. The molecule has 1 amide bonds. The second kappa shape index (κ2) is 6.99. The number of thioether (sulfide) groups is 1. The van der Waals surface area contributed by atoms with Crippen molar-refractivity contribution in [1.29, 1.82) is 0 Å². The van der Waals surface area contributed by atoms with E-state index in [1.807, 2.05) is 12.1 Å². The van der Waals surface area contributed by atoms with Crippen LogP contribution in [-0.4, -0.2) is 36.1 Å². The minimum atomic E-state index is -0.417. The molecule has 0 radical (unpaired) electrons. The van der Waals surface area contributed by atoms with Crippen molar-refractivity contribution < 1.29 is 13.6 Å². The Labute approximate surface area is 155 Å². The standard InChI is InChI=1S/C19H18FN3O2S/c1-22-18(24)16(26-19(22)21-15-7-3-2-6-14(15)20)12-13-8-9-17(25-13)23-10-4-5-11-23/h2-3,6-9,12H,4-5,10-11H2,1H3/b16-12+,21-19?. The lowest BCUT2D eigenvalue weighted by atomic mass is 10.3. The zero-order valence-electron chi connectivity index (χ0n) is 14.3. The van der Waals surface area contributed by atoms with Crippen molar-refractivity contribution in [3.8, 4) is 0 Å². The van der Waals surface area contributed by atoms with Crippen LogP contribution in [0, 0.1) is 5.82 Å². The summed E-state index contributed by atoms with van der Waals surface area (Å²) in [5.41, 5.74) is 0.213. The molecule has 0 unspecified atom stereocenters. The maximum Gasteiger partial charge on any atom is 0.266 e. The van der Waals surface area contributed by atoms with E-state index in [1.165, 1.54) is 35.6 Å². The van der Waals surface area contributed by atoms with Gasteiger partial charge in [0.05, 0.1) is 4.91 Å². The molecular weight excluding hydrogens is 353 g/mol. The molecule has 2 aliphatic heterocycles. The average molecular weight is 371 g/mol. The number of carbonyl (C=O) groups excluding carboxylic acids is 1. The summed E-state index contributed by atoms with van der Waals surface area (Å²) in [5, 5.41) is 0.442. The van der Waals surface area contributed by atoms with E-state index in [-0.39, 0.29) is 11.6 Å². The predicted octanol–water partition coefficient (Wildman–Crippen LogP) is 4.25. The summed E-state index contributed by atoms with van der Waals surface area (Å²) in [7, 11) is 1.63. The van der Waals surface area contributed by atoms with E-state index in [0.717, 1.165) is 19.0 Å². The van der Waals surface area contributed by atoms with E-state index in [2.05, 4.69) is 9.89 Å². The predicted molar refractivity (Wildman–Crippen MR) is 102 cm³/mol. The molecule has 0 bridgehead atoms. The topological polar surface area (TPSA) is 49.1 Å². The van der Waals surface area contributed by atoms with Crippen molar-refractivity contribution in [1.82, 2.24) is 4.90 Å². The van der Waals surface area contributed by atoms with Crippen LogP contribution in [0.5, 0.6) is 0 Å². The van der Waals surface area contributed by atoms with Gasteiger partial charge in [-0.05, 0) is 42.8 Å². The first kappa shape index (κ1) is 16.9. The molecule has 2 fully saturated rings. The number of rotatable bonds is 3. The molecule has 134 valence electrons. The number of halogens is 1. The molecule has 2 saturated heterocycles. The van der Waals surface area contributed by atoms with Gasteiger partial charge in [0.25, 0.3) is 5.91 Å². The van der Waals surface area contributed by atoms with Gasteiger partial charge in [0.1, 0.15) is 17.3 Å². The third kappa shape index (κ3) is 3.26. The maximum atomic E-state index is 13.8. The molecule has 0 aliphatic carbocycles. The fourth-order valence-corrected chi connectivity index (χ4v) is 3.91. The Balaban J connectivity index is 1.57. The van der Waals surface area contributed by atoms with Crippen LogP contribution >= 0.6 is 11.8 Å². The van der Waals surface area contributed by atoms with Crippen molar-refractivity contribution in [2.24, 2.45) is 4.99 Å². The van der Waals surface area contributed by atoms with Gasteiger partial charge in [-0.15, -0.1) is 0 Å². The van der Waals surface area contributed by atoms with Crippen LogP contribution in [-0.2, 0) is 4.79 Å². The number of para-hydroxylation sites is 1. The van der Waals surface area contributed by atoms with E-state index in [9.17, 15) is 9.18 Å². The second-order valence-corrected chi connectivity index (χ2v) is 7.20. The Morgan fingerprint density at radius 2 is 1.96 bits per heavy atom. The number of hydrogen-bond acceptors (Lipinski definition) is 5. The Morgan fingerprint density at radius 1 is 1.19 bits per heavy atom. The lowest BCUT2D eigenvalue weighted by Crippen LogP contribution is -2.23. The minimum Gasteiger partial charge on any atom is -0.441 e. The lowest BCUT2D eigenvalue weighted by Gasteiger charge is -2.12. The molecule has 4 rings (SSSR count). The number of likely N-dealkylation sites (N-methyl/N-ethyl adjacent to an activating group) is 1. The highest BCUT2D eigenvalue weighted by Crippen LogP contribution is 2.34. The summed E-state index contributed by atoms with van der Waals surface area (Å²) < 4.78 is 19.7. The number of furan rings is 1. The molecule has 3 heterocycles. The van der Waals surface area contributed by atoms with Crippen molar-refractivity contribution in [2.45, 2.75) is 12.8 Å². The lowest BCUT2D eigenvalue weighted by molar-refractivity contribution is -0.121. The molecule has 7 heteroatoms. The van der Waals surface area contributed by atoms with Crippen LogP contribution in [0.2, 0.25) is 0 Å². The summed E-state index contributed by atoms with van der Waals surface area (Å²) >= 11 is 1.21. The van der Waals surface area contributed by atoms with E-state index in [4.69, 9.17) is 4.42 Å². The highest BCUT2D eigenvalue weighted by atomic mass is 32.2. The van der Waals surface area contributed by atoms with Crippen LogP contribution < -0.4 is 4.90 Å². The van der Waals surface area contributed by atoms with E-state index in [0.29, 0.717) is 15.8 Å². The number of nitrogens with zero attached hydrogens (tertiary/aromatic N) is 3. The molecule has 0 spiro atoms. The first-order chi connectivity index (χ1) is 12.6. The summed E-state index contributed by atoms with van der Waals surface area (Å²) in [6.45, 7) is 2.00. The summed E-state index contributed by atoms with van der Waals surface area (Å²) in [6.07, 6.45) is 4.06. The average Bonchev–Trinajstić information content (AvgIpc) is 3.36. The maximum absolute atomic E-state index is 13.8. The summed E-state index contributed by atoms with van der Waals surface area (Å²) in [4.78, 5) is 20.9. The number of anilines is 1. The van der Waals surface area contributed by atoms with Gasteiger partial charge in [-0.1, -0.05) is 12.1 Å². The largest absolute Gasteiger partial charge is 0.441 e. The van der Waals surface area contributed by atoms with Crippen LogP contribution in [0.4, 0.5) is 16.0 Å². The molecule has 2 aromatic rings. The van der Waals surface area contributed by atoms with E-state index >= 15 is 0 Å². The SMILES string of the molecule is CN1C(=O)/C(=C\c2ccc(N3CCCC3)o2)SC1=Nc1ccccc1F. The number of aliphatic imine (C=N–C) groups is 1. The Bertz CT molecular complexity index is 900. The van der Waals surface area contributed by atoms with Crippen LogP contribution in [0.25, 0.3) is 6.08 Å². The zero-order chi connectivity index (χ0) is 18.1. The quantitative estimate of drug-likeness (QED) is 0.757. The van der Waals surface area contributed by atoms with Gasteiger partial charge in [0.2, 0.25) is 0 Å². The van der Waals surface area contributed by atoms with Gasteiger partial charge in [-0.25, -0.2) is 9.38 Å². The van der Waals surface area contributed by atoms with Gasteiger partial charge in [-0.2, -0.15) is 0 Å². The molecule has 1 aromatic heterocycles. The van der Waals surface area contributed by atoms with Crippen LogP contribution in [0.15, 0.2) is 50.7 Å².